The number of ether oxygens (including phenoxy) is 1. The molecule has 0 bridgehead atoms. The first-order valence-electron chi connectivity index (χ1n) is 6.19. The molecule has 0 aliphatic rings. The summed E-state index contributed by atoms with van der Waals surface area (Å²) in [7, 11) is 0. The van der Waals surface area contributed by atoms with E-state index < -0.39 is 5.97 Å². The molecule has 5 heteroatoms. The number of aromatic nitrogens is 2. The topological polar surface area (TPSA) is 70.1 Å². The number of carbonyl (C=O) groups is 1. The Kier molecular flexibility index (Phi) is 5.52. The molecular formula is C12H21N3O2. The van der Waals surface area contributed by atoms with Gasteiger partial charge in [0, 0.05) is 12.7 Å². The van der Waals surface area contributed by atoms with Gasteiger partial charge in [0.25, 0.3) is 0 Å². The standard InChI is InChI=1S/C12H21N3O2/c1-3-5-6-7-8-15-9-10(11(13)14-15)12(16)17-4-2/h9H,3-8H2,1-2H3,(H2,13,14). The number of nitrogens with zero attached hydrogens (tertiary/aromatic N) is 2. The summed E-state index contributed by atoms with van der Waals surface area (Å²) < 4.78 is 6.61. The molecule has 0 unspecified atom stereocenters. The molecule has 2 N–H and O–H groups in total. The number of rotatable bonds is 7. The van der Waals surface area contributed by atoms with Crippen molar-refractivity contribution in [3.8, 4) is 0 Å². The molecule has 0 spiro atoms. The summed E-state index contributed by atoms with van der Waals surface area (Å²) >= 11 is 0. The van der Waals surface area contributed by atoms with Crippen LogP contribution in [0, 0.1) is 0 Å². The lowest BCUT2D eigenvalue weighted by atomic mass is 10.2. The molecule has 0 aliphatic carbocycles. The Morgan fingerprint density at radius 1 is 1.41 bits per heavy atom. The Morgan fingerprint density at radius 3 is 2.82 bits per heavy atom. The molecule has 1 rings (SSSR count). The van der Waals surface area contributed by atoms with Crippen LogP contribution in [-0.4, -0.2) is 22.4 Å². The zero-order valence-corrected chi connectivity index (χ0v) is 10.6. The van der Waals surface area contributed by atoms with Crippen molar-refractivity contribution in [1.82, 2.24) is 9.78 Å². The minimum atomic E-state index is -0.398. The Morgan fingerprint density at radius 2 is 2.18 bits per heavy atom. The number of nitrogens with two attached hydrogens (primary N) is 1. The van der Waals surface area contributed by atoms with Crippen molar-refractivity contribution in [2.45, 2.75) is 46.1 Å². The van der Waals surface area contributed by atoms with Crippen LogP contribution in [0.3, 0.4) is 0 Å². The zero-order chi connectivity index (χ0) is 12.7. The maximum atomic E-state index is 11.5. The number of nitrogen functional groups attached to an aromatic ring is 1. The summed E-state index contributed by atoms with van der Waals surface area (Å²) in [5.74, 6) is -0.149. The Labute approximate surface area is 102 Å². The van der Waals surface area contributed by atoms with Crippen molar-refractivity contribution in [2.24, 2.45) is 0 Å². The molecule has 96 valence electrons. The van der Waals surface area contributed by atoms with Crippen LogP contribution in [0.1, 0.15) is 49.9 Å². The van der Waals surface area contributed by atoms with Crippen molar-refractivity contribution in [1.29, 1.82) is 0 Å². The highest BCUT2D eigenvalue weighted by Crippen LogP contribution is 2.11. The van der Waals surface area contributed by atoms with E-state index in [1.54, 1.807) is 17.8 Å². The first kappa shape index (κ1) is 13.5. The number of esters is 1. The van der Waals surface area contributed by atoms with Crippen molar-refractivity contribution >= 4 is 11.8 Å². The lowest BCUT2D eigenvalue weighted by Crippen LogP contribution is -2.06. The fourth-order valence-electron chi connectivity index (χ4n) is 1.62. The molecule has 5 nitrogen and oxygen atoms in total. The summed E-state index contributed by atoms with van der Waals surface area (Å²) in [5, 5.41) is 4.11. The van der Waals surface area contributed by atoms with E-state index in [1.807, 2.05) is 0 Å². The molecule has 0 aliphatic heterocycles. The highest BCUT2D eigenvalue weighted by Gasteiger charge is 2.14. The molecule has 0 fully saturated rings. The van der Waals surface area contributed by atoms with Crippen molar-refractivity contribution < 1.29 is 9.53 Å². The van der Waals surface area contributed by atoms with E-state index in [9.17, 15) is 4.79 Å². The second-order valence-corrected chi connectivity index (χ2v) is 3.97. The second kappa shape index (κ2) is 6.93. The summed E-state index contributed by atoms with van der Waals surface area (Å²) in [6.45, 7) is 5.08. The van der Waals surface area contributed by atoms with E-state index in [2.05, 4.69) is 12.0 Å². The number of hydrogen-bond acceptors (Lipinski definition) is 4. The van der Waals surface area contributed by atoms with Crippen LogP contribution in [0.5, 0.6) is 0 Å². The number of aryl methyl sites for hydroxylation is 1. The molecule has 0 saturated heterocycles. The van der Waals surface area contributed by atoms with Gasteiger partial charge in [-0.3, -0.25) is 4.68 Å². The number of hydrogen-bond donors (Lipinski definition) is 1. The third kappa shape index (κ3) is 4.09. The van der Waals surface area contributed by atoms with Crippen molar-refractivity contribution in [2.75, 3.05) is 12.3 Å². The van der Waals surface area contributed by atoms with Crippen LogP contribution in [-0.2, 0) is 11.3 Å². The molecule has 1 heterocycles. The summed E-state index contributed by atoms with van der Waals surface area (Å²) in [4.78, 5) is 11.5. The van der Waals surface area contributed by atoms with E-state index in [0.717, 1.165) is 13.0 Å². The number of anilines is 1. The van der Waals surface area contributed by atoms with E-state index >= 15 is 0 Å². The van der Waals surface area contributed by atoms with Gasteiger partial charge in [0.15, 0.2) is 5.82 Å². The van der Waals surface area contributed by atoms with Gasteiger partial charge in [-0.05, 0) is 13.3 Å². The first-order chi connectivity index (χ1) is 8.19. The minimum absolute atomic E-state index is 0.249. The van der Waals surface area contributed by atoms with Crippen LogP contribution >= 0.6 is 0 Å². The normalized spacial score (nSPS) is 10.5. The molecule has 1 aromatic rings. The Hall–Kier alpha value is -1.52. The largest absolute Gasteiger partial charge is 0.462 e. The van der Waals surface area contributed by atoms with Gasteiger partial charge >= 0.3 is 5.97 Å². The second-order valence-electron chi connectivity index (χ2n) is 3.97. The summed E-state index contributed by atoms with van der Waals surface area (Å²) in [6, 6.07) is 0. The smallest absolute Gasteiger partial charge is 0.343 e. The number of carbonyl (C=O) groups excluding carboxylic acids is 1. The maximum Gasteiger partial charge on any atom is 0.343 e. The fourth-order valence-corrected chi connectivity index (χ4v) is 1.62. The summed E-state index contributed by atoms with van der Waals surface area (Å²) in [6.07, 6.45) is 6.32. The van der Waals surface area contributed by atoms with Gasteiger partial charge in [0.2, 0.25) is 0 Å². The van der Waals surface area contributed by atoms with Gasteiger partial charge < -0.3 is 10.5 Å². The highest BCUT2D eigenvalue weighted by molar-refractivity contribution is 5.93. The van der Waals surface area contributed by atoms with E-state index in [1.165, 1.54) is 19.3 Å². The average Bonchev–Trinajstić information content (AvgIpc) is 2.66. The predicted molar refractivity (Wildman–Crippen MR) is 66.7 cm³/mol. The molecule has 0 atom stereocenters. The van der Waals surface area contributed by atoms with E-state index in [0.29, 0.717) is 12.2 Å². The van der Waals surface area contributed by atoms with E-state index in [-0.39, 0.29) is 5.82 Å². The van der Waals surface area contributed by atoms with Crippen molar-refractivity contribution in [3.63, 3.8) is 0 Å². The van der Waals surface area contributed by atoms with Crippen LogP contribution in [0.25, 0.3) is 0 Å². The average molecular weight is 239 g/mol. The molecule has 0 amide bonds. The number of unbranched alkanes of at least 4 members (excludes halogenated alkanes) is 3. The monoisotopic (exact) mass is 239 g/mol. The Bertz CT molecular complexity index is 361. The fraction of sp³-hybridized carbons (Fsp3) is 0.667. The van der Waals surface area contributed by atoms with Gasteiger partial charge in [-0.1, -0.05) is 26.2 Å². The zero-order valence-electron chi connectivity index (χ0n) is 10.6. The molecule has 0 radical (unpaired) electrons. The van der Waals surface area contributed by atoms with Gasteiger partial charge in [-0.25, -0.2) is 4.79 Å². The Balaban J connectivity index is 2.52. The molecular weight excluding hydrogens is 218 g/mol. The van der Waals surface area contributed by atoms with Crippen LogP contribution in [0.2, 0.25) is 0 Å². The third-order valence-electron chi connectivity index (χ3n) is 2.53. The van der Waals surface area contributed by atoms with Gasteiger partial charge in [-0.15, -0.1) is 0 Å². The quantitative estimate of drug-likeness (QED) is 0.585. The lowest BCUT2D eigenvalue weighted by Gasteiger charge is -2.00. The minimum Gasteiger partial charge on any atom is -0.462 e. The van der Waals surface area contributed by atoms with Gasteiger partial charge in [0.05, 0.1) is 6.61 Å². The first-order valence-corrected chi connectivity index (χ1v) is 6.19. The predicted octanol–water partition coefficient (Wildman–Crippen LogP) is 2.22. The summed E-state index contributed by atoms with van der Waals surface area (Å²) in [5.41, 5.74) is 6.03. The lowest BCUT2D eigenvalue weighted by molar-refractivity contribution is 0.0527. The van der Waals surface area contributed by atoms with Gasteiger partial charge in [0.1, 0.15) is 5.56 Å². The van der Waals surface area contributed by atoms with Gasteiger partial charge in [-0.2, -0.15) is 5.10 Å². The molecule has 17 heavy (non-hydrogen) atoms. The SMILES string of the molecule is CCCCCCn1cc(C(=O)OCC)c(N)n1. The van der Waals surface area contributed by atoms with Crippen LogP contribution < -0.4 is 5.73 Å². The molecule has 1 aromatic heterocycles. The molecule has 0 saturated carbocycles. The van der Waals surface area contributed by atoms with Crippen LogP contribution in [0.4, 0.5) is 5.82 Å². The highest BCUT2D eigenvalue weighted by atomic mass is 16.5. The third-order valence-corrected chi connectivity index (χ3v) is 2.53. The maximum absolute atomic E-state index is 11.5. The van der Waals surface area contributed by atoms with E-state index in [4.69, 9.17) is 10.5 Å². The van der Waals surface area contributed by atoms with Crippen LogP contribution in [0.15, 0.2) is 6.20 Å². The molecule has 0 aromatic carbocycles. The van der Waals surface area contributed by atoms with Crippen molar-refractivity contribution in [3.05, 3.63) is 11.8 Å².